The Bertz CT molecular complexity index is 980. The molecule has 0 radical (unpaired) electrons. The number of carbonyl (C=O) groups excluding carboxylic acids is 1. The number of likely N-dealkylation sites (tertiary alicyclic amines) is 1. The van der Waals surface area contributed by atoms with Gasteiger partial charge in [-0.05, 0) is 55.2 Å². The highest BCUT2D eigenvalue weighted by Gasteiger charge is 2.36. The quantitative estimate of drug-likeness (QED) is 0.749. The monoisotopic (exact) mass is 430 g/mol. The molecule has 156 valence electrons. The second kappa shape index (κ2) is 9.14. The smallest absolute Gasteiger partial charge is 0.339 e. The van der Waals surface area contributed by atoms with Crippen molar-refractivity contribution in [2.75, 3.05) is 19.7 Å². The van der Waals surface area contributed by atoms with Gasteiger partial charge in [-0.2, -0.15) is 5.26 Å². The molecule has 1 N–H and O–H groups in total. The van der Waals surface area contributed by atoms with Crippen molar-refractivity contribution in [2.24, 2.45) is 5.41 Å². The fraction of sp³-hybridized carbons (Fsp3) is 0.318. The molecule has 2 aromatic rings. The maximum atomic E-state index is 13.1. The number of amides is 1. The number of benzene rings is 2. The number of hydrogen-bond acceptors (Lipinski definition) is 4. The zero-order valence-electron chi connectivity index (χ0n) is 16.1. The zero-order chi connectivity index (χ0) is 21.7. The molecule has 30 heavy (non-hydrogen) atoms. The Kier molecular flexibility index (Phi) is 6.58. The molecular weight excluding hydrogens is 411 g/mol. The van der Waals surface area contributed by atoms with Crippen molar-refractivity contribution in [3.63, 3.8) is 0 Å². The van der Waals surface area contributed by atoms with Gasteiger partial charge < -0.3 is 14.7 Å². The zero-order valence-corrected chi connectivity index (χ0v) is 16.9. The van der Waals surface area contributed by atoms with Crippen LogP contribution in [0.5, 0.6) is 5.75 Å². The first kappa shape index (κ1) is 21.6. The molecule has 0 saturated carbocycles. The van der Waals surface area contributed by atoms with Crippen molar-refractivity contribution in [1.82, 2.24) is 4.90 Å². The summed E-state index contributed by atoms with van der Waals surface area (Å²) in [6, 6.07) is 12.6. The summed E-state index contributed by atoms with van der Waals surface area (Å²) in [5, 5.41) is 19.2. The van der Waals surface area contributed by atoms with Crippen LogP contribution in [0.3, 0.4) is 0 Å². The van der Waals surface area contributed by atoms with Crippen molar-refractivity contribution < 1.29 is 23.8 Å². The summed E-state index contributed by atoms with van der Waals surface area (Å²) >= 11 is 5.81. The standard InChI is InChI=1S/C22H20ClFN2O4/c23-16-3-6-19(18(11-16)21(28)29)30-13-20(27)26-9-7-22(14-25,8-10-26)12-15-1-4-17(24)5-2-15/h1-6,11H,7-10,12-13H2,(H,28,29). The number of ether oxygens (including phenoxy) is 1. The van der Waals surface area contributed by atoms with E-state index in [4.69, 9.17) is 16.3 Å². The Morgan fingerprint density at radius 1 is 1.20 bits per heavy atom. The number of carboxylic acids is 1. The van der Waals surface area contributed by atoms with E-state index < -0.39 is 11.4 Å². The summed E-state index contributed by atoms with van der Waals surface area (Å²) in [5.41, 5.74) is 0.156. The molecule has 3 rings (SSSR count). The van der Waals surface area contributed by atoms with Gasteiger partial charge in [0.05, 0.1) is 11.5 Å². The molecule has 1 aliphatic rings. The first-order valence-electron chi connectivity index (χ1n) is 9.41. The molecule has 1 saturated heterocycles. The fourth-order valence-corrected chi connectivity index (χ4v) is 3.70. The van der Waals surface area contributed by atoms with Crippen molar-refractivity contribution in [3.05, 3.63) is 64.4 Å². The Balaban J connectivity index is 1.58. The van der Waals surface area contributed by atoms with Crippen molar-refractivity contribution in [1.29, 1.82) is 5.26 Å². The molecule has 1 heterocycles. The van der Waals surface area contributed by atoms with E-state index in [0.717, 1.165) is 5.56 Å². The van der Waals surface area contributed by atoms with Crippen molar-refractivity contribution in [2.45, 2.75) is 19.3 Å². The molecule has 6 nitrogen and oxygen atoms in total. The number of nitriles is 1. The average Bonchev–Trinajstić information content (AvgIpc) is 2.74. The molecule has 0 aliphatic carbocycles. The van der Waals surface area contributed by atoms with Crippen LogP contribution in [0.4, 0.5) is 4.39 Å². The van der Waals surface area contributed by atoms with Gasteiger partial charge in [0, 0.05) is 18.1 Å². The topological polar surface area (TPSA) is 90.6 Å². The van der Waals surface area contributed by atoms with E-state index in [1.807, 2.05) is 0 Å². The highest BCUT2D eigenvalue weighted by molar-refractivity contribution is 6.31. The van der Waals surface area contributed by atoms with E-state index >= 15 is 0 Å². The van der Waals surface area contributed by atoms with E-state index in [1.165, 1.54) is 30.3 Å². The second-order valence-electron chi connectivity index (χ2n) is 7.31. The molecule has 0 unspecified atom stereocenters. The van der Waals surface area contributed by atoms with Gasteiger partial charge >= 0.3 is 5.97 Å². The van der Waals surface area contributed by atoms with Crippen LogP contribution in [-0.4, -0.2) is 41.6 Å². The number of carbonyl (C=O) groups is 2. The van der Waals surface area contributed by atoms with Crippen molar-refractivity contribution >= 4 is 23.5 Å². The van der Waals surface area contributed by atoms with Crippen molar-refractivity contribution in [3.8, 4) is 11.8 Å². The predicted octanol–water partition coefficient (Wildman–Crippen LogP) is 3.93. The third-order valence-corrected chi connectivity index (χ3v) is 5.52. The number of hydrogen-bond donors (Lipinski definition) is 1. The van der Waals surface area contributed by atoms with Crippen LogP contribution in [-0.2, 0) is 11.2 Å². The molecule has 8 heteroatoms. The molecule has 0 atom stereocenters. The van der Waals surface area contributed by atoms with Crippen LogP contribution in [0.1, 0.15) is 28.8 Å². The minimum atomic E-state index is -1.20. The number of halogens is 2. The summed E-state index contributed by atoms with van der Waals surface area (Å²) < 4.78 is 18.5. The Morgan fingerprint density at radius 2 is 1.87 bits per heavy atom. The van der Waals surface area contributed by atoms with Gasteiger partial charge in [-0.25, -0.2) is 9.18 Å². The molecule has 1 aliphatic heterocycles. The lowest BCUT2D eigenvalue weighted by molar-refractivity contribution is -0.135. The van der Waals surface area contributed by atoms with E-state index in [9.17, 15) is 24.3 Å². The van der Waals surface area contributed by atoms with Gasteiger partial charge in [0.2, 0.25) is 0 Å². The normalized spacial score (nSPS) is 15.3. The lowest BCUT2D eigenvalue weighted by Crippen LogP contribution is -2.45. The molecular formula is C22H20ClFN2O4. The van der Waals surface area contributed by atoms with Crippen LogP contribution in [0, 0.1) is 22.6 Å². The summed E-state index contributed by atoms with van der Waals surface area (Å²) in [6.07, 6.45) is 1.48. The van der Waals surface area contributed by atoms with Crippen LogP contribution in [0.15, 0.2) is 42.5 Å². The maximum Gasteiger partial charge on any atom is 0.339 e. The van der Waals surface area contributed by atoms with Gasteiger partial charge in [-0.15, -0.1) is 0 Å². The highest BCUT2D eigenvalue weighted by atomic mass is 35.5. The van der Waals surface area contributed by atoms with Gasteiger partial charge in [-0.1, -0.05) is 23.7 Å². The second-order valence-corrected chi connectivity index (χ2v) is 7.75. The van der Waals surface area contributed by atoms with Crippen LogP contribution in [0.2, 0.25) is 5.02 Å². The molecule has 1 amide bonds. The minimum Gasteiger partial charge on any atom is -0.483 e. The van der Waals surface area contributed by atoms with E-state index in [1.54, 1.807) is 17.0 Å². The van der Waals surface area contributed by atoms with Gasteiger partial charge in [0.15, 0.2) is 6.61 Å². The Morgan fingerprint density at radius 3 is 2.47 bits per heavy atom. The first-order valence-corrected chi connectivity index (χ1v) is 9.79. The first-order chi connectivity index (χ1) is 14.3. The van der Waals surface area contributed by atoms with E-state index in [0.29, 0.717) is 32.4 Å². The van der Waals surface area contributed by atoms with Gasteiger partial charge in [0.25, 0.3) is 5.91 Å². The number of nitrogens with zero attached hydrogens (tertiary/aromatic N) is 2. The summed E-state index contributed by atoms with van der Waals surface area (Å²) in [6.45, 7) is 0.478. The van der Waals surface area contributed by atoms with Crippen LogP contribution < -0.4 is 4.74 Å². The van der Waals surface area contributed by atoms with Crippen LogP contribution >= 0.6 is 11.6 Å². The SMILES string of the molecule is N#CC1(Cc2ccc(F)cc2)CCN(C(=O)COc2ccc(Cl)cc2C(=O)O)CC1. The lowest BCUT2D eigenvalue weighted by atomic mass is 9.75. The Hall–Kier alpha value is -3.11. The molecule has 0 aromatic heterocycles. The largest absolute Gasteiger partial charge is 0.483 e. The van der Waals surface area contributed by atoms with E-state index in [2.05, 4.69) is 6.07 Å². The Labute approximate surface area is 178 Å². The molecule has 0 spiro atoms. The third-order valence-electron chi connectivity index (χ3n) is 5.29. The average molecular weight is 431 g/mol. The van der Waals surface area contributed by atoms with Crippen LogP contribution in [0.25, 0.3) is 0 Å². The van der Waals surface area contributed by atoms with Gasteiger partial charge in [0.1, 0.15) is 17.1 Å². The molecule has 2 aromatic carbocycles. The lowest BCUT2D eigenvalue weighted by Gasteiger charge is -2.37. The molecule has 0 bridgehead atoms. The highest BCUT2D eigenvalue weighted by Crippen LogP contribution is 2.34. The number of carboxylic acid groups (broad SMARTS) is 1. The maximum absolute atomic E-state index is 13.1. The number of aromatic carboxylic acids is 1. The van der Waals surface area contributed by atoms with E-state index in [-0.39, 0.29) is 34.7 Å². The minimum absolute atomic E-state index is 0.0694. The molecule has 1 fully saturated rings. The number of rotatable bonds is 6. The number of piperidine rings is 1. The summed E-state index contributed by atoms with van der Waals surface area (Å²) in [4.78, 5) is 25.4. The third kappa shape index (κ3) is 5.08. The fourth-order valence-electron chi connectivity index (χ4n) is 3.53. The van der Waals surface area contributed by atoms with Gasteiger partial charge in [-0.3, -0.25) is 4.79 Å². The summed E-state index contributed by atoms with van der Waals surface area (Å²) in [5.74, 6) is -1.73. The summed E-state index contributed by atoms with van der Waals surface area (Å²) in [7, 11) is 0. The predicted molar refractivity (Wildman–Crippen MR) is 108 cm³/mol.